The van der Waals surface area contributed by atoms with Crippen LogP contribution in [-0.2, 0) is 19.1 Å². The zero-order chi connectivity index (χ0) is 22.3. The highest BCUT2D eigenvalue weighted by Gasteiger charge is 2.62. The van der Waals surface area contributed by atoms with E-state index in [0.717, 1.165) is 24.8 Å². The Bertz CT molecular complexity index is 710. The lowest BCUT2D eigenvalue weighted by atomic mass is 9.40. The topological polar surface area (TPSA) is 72.8 Å². The van der Waals surface area contributed by atoms with Crippen LogP contribution in [0, 0.1) is 34.0 Å². The lowest BCUT2D eigenvalue weighted by Crippen LogP contribution is -2.58. The SMILES string of the molecule is CC(=O)OC[C@H](O)COC(=O)[C@@H]1C(C)=CC[C@@H]2[C@@]1(C)CC[C@H]1C(C)(C)CCC[C@]21C. The summed E-state index contributed by atoms with van der Waals surface area (Å²) in [5.74, 6) is 0.151. The summed E-state index contributed by atoms with van der Waals surface area (Å²) in [4.78, 5) is 24.1. The molecule has 2 saturated carbocycles. The van der Waals surface area contributed by atoms with Gasteiger partial charge in [-0.1, -0.05) is 45.8 Å². The van der Waals surface area contributed by atoms with Gasteiger partial charge in [-0.05, 0) is 67.1 Å². The van der Waals surface area contributed by atoms with Gasteiger partial charge >= 0.3 is 11.9 Å². The number of hydrogen-bond donors (Lipinski definition) is 1. The predicted octanol–water partition coefficient (Wildman–Crippen LogP) is 4.67. The van der Waals surface area contributed by atoms with Gasteiger partial charge < -0.3 is 14.6 Å². The summed E-state index contributed by atoms with van der Waals surface area (Å²) in [5, 5.41) is 9.99. The molecule has 3 aliphatic carbocycles. The first-order valence-electron chi connectivity index (χ1n) is 11.6. The van der Waals surface area contributed by atoms with Crippen molar-refractivity contribution in [3.05, 3.63) is 11.6 Å². The molecule has 1 N–H and O–H groups in total. The third-order valence-corrected chi connectivity index (χ3v) is 8.76. The van der Waals surface area contributed by atoms with Crippen molar-refractivity contribution >= 4 is 11.9 Å². The molecule has 0 unspecified atom stereocenters. The first kappa shape index (κ1) is 23.3. The van der Waals surface area contributed by atoms with Crippen molar-refractivity contribution in [3.63, 3.8) is 0 Å². The van der Waals surface area contributed by atoms with Crippen LogP contribution in [0.15, 0.2) is 11.6 Å². The Kier molecular flexibility index (Phi) is 6.44. The molecule has 0 aromatic rings. The van der Waals surface area contributed by atoms with E-state index in [1.165, 1.54) is 26.2 Å². The van der Waals surface area contributed by atoms with Crippen LogP contribution in [0.2, 0.25) is 0 Å². The number of hydrogen-bond acceptors (Lipinski definition) is 5. The molecule has 0 aliphatic heterocycles. The Morgan fingerprint density at radius 1 is 1.07 bits per heavy atom. The van der Waals surface area contributed by atoms with Gasteiger partial charge in [0.1, 0.15) is 19.3 Å². The molecule has 0 heterocycles. The number of allylic oxidation sites excluding steroid dienone is 1. The van der Waals surface area contributed by atoms with Crippen LogP contribution in [0.25, 0.3) is 0 Å². The van der Waals surface area contributed by atoms with Crippen molar-refractivity contribution in [2.75, 3.05) is 13.2 Å². The van der Waals surface area contributed by atoms with E-state index in [9.17, 15) is 14.7 Å². The summed E-state index contributed by atoms with van der Waals surface area (Å²) in [5.41, 5.74) is 1.54. The van der Waals surface area contributed by atoms with Crippen molar-refractivity contribution in [2.24, 2.45) is 34.0 Å². The van der Waals surface area contributed by atoms with Crippen molar-refractivity contribution < 1.29 is 24.2 Å². The van der Waals surface area contributed by atoms with Crippen LogP contribution < -0.4 is 0 Å². The Balaban J connectivity index is 1.78. The monoisotopic (exact) mass is 420 g/mol. The highest BCUT2D eigenvalue weighted by molar-refractivity contribution is 5.77. The fraction of sp³-hybridized carbons (Fsp3) is 0.840. The minimum Gasteiger partial charge on any atom is -0.463 e. The number of esters is 2. The van der Waals surface area contributed by atoms with E-state index in [0.29, 0.717) is 17.3 Å². The average Bonchev–Trinajstić information content (AvgIpc) is 2.63. The normalized spacial score (nSPS) is 38.5. The fourth-order valence-corrected chi connectivity index (χ4v) is 7.49. The molecule has 2 fully saturated rings. The van der Waals surface area contributed by atoms with Gasteiger partial charge in [0.2, 0.25) is 0 Å². The van der Waals surface area contributed by atoms with Crippen LogP contribution in [0.5, 0.6) is 0 Å². The van der Waals surface area contributed by atoms with Gasteiger partial charge in [0.15, 0.2) is 0 Å². The molecule has 0 aromatic heterocycles. The summed E-state index contributed by atoms with van der Waals surface area (Å²) >= 11 is 0. The Morgan fingerprint density at radius 3 is 2.40 bits per heavy atom. The van der Waals surface area contributed by atoms with E-state index >= 15 is 0 Å². The second kappa shape index (κ2) is 8.29. The van der Waals surface area contributed by atoms with Gasteiger partial charge in [0.05, 0.1) is 5.92 Å². The summed E-state index contributed by atoms with van der Waals surface area (Å²) in [6.45, 7) is 12.6. The Morgan fingerprint density at radius 2 is 1.73 bits per heavy atom. The number of carbonyl (C=O) groups excluding carboxylic acids is 2. The molecule has 0 spiro atoms. The molecular weight excluding hydrogens is 380 g/mol. The van der Waals surface area contributed by atoms with Crippen LogP contribution in [0.3, 0.4) is 0 Å². The molecule has 30 heavy (non-hydrogen) atoms. The van der Waals surface area contributed by atoms with Crippen molar-refractivity contribution in [1.82, 2.24) is 0 Å². The smallest absolute Gasteiger partial charge is 0.313 e. The van der Waals surface area contributed by atoms with E-state index in [4.69, 9.17) is 9.47 Å². The molecule has 0 bridgehead atoms. The van der Waals surface area contributed by atoms with E-state index in [-0.39, 0.29) is 35.9 Å². The molecular formula is C25H40O5. The standard InChI is InChI=1S/C25H40O5/c1-16-8-9-20-24(5)12-7-11-23(3,4)19(24)10-13-25(20,6)21(16)22(28)30-15-18(27)14-29-17(2)26/h8,18-21,27H,7,9-15H2,1-6H3/t18-,19-,20-,21-,24-,25+/m0/s1. The van der Waals surface area contributed by atoms with Crippen LogP contribution in [0.4, 0.5) is 0 Å². The fourth-order valence-electron chi connectivity index (χ4n) is 7.49. The van der Waals surface area contributed by atoms with Crippen LogP contribution in [0.1, 0.15) is 80.1 Å². The number of carbonyl (C=O) groups is 2. The molecule has 3 aliphatic rings. The zero-order valence-electron chi connectivity index (χ0n) is 19.6. The van der Waals surface area contributed by atoms with E-state index in [1.54, 1.807) is 0 Å². The minimum absolute atomic E-state index is 0.130. The first-order chi connectivity index (χ1) is 13.9. The second-order valence-corrected chi connectivity index (χ2v) is 11.2. The third-order valence-electron chi connectivity index (χ3n) is 8.76. The number of rotatable bonds is 5. The van der Waals surface area contributed by atoms with Crippen molar-refractivity contribution in [3.8, 4) is 0 Å². The molecule has 6 atom stereocenters. The highest BCUT2D eigenvalue weighted by Crippen LogP contribution is 2.68. The first-order valence-corrected chi connectivity index (χ1v) is 11.6. The maximum Gasteiger partial charge on any atom is 0.313 e. The van der Waals surface area contributed by atoms with Gasteiger partial charge in [-0.25, -0.2) is 0 Å². The van der Waals surface area contributed by atoms with Crippen LogP contribution >= 0.6 is 0 Å². The lowest BCUT2D eigenvalue weighted by molar-refractivity contribution is -0.174. The average molecular weight is 421 g/mol. The molecule has 0 amide bonds. The van der Waals surface area contributed by atoms with Gasteiger partial charge in [-0.3, -0.25) is 9.59 Å². The molecule has 170 valence electrons. The number of aliphatic hydroxyl groups excluding tert-OH is 1. The van der Waals surface area contributed by atoms with Gasteiger partial charge in [0, 0.05) is 6.92 Å². The lowest BCUT2D eigenvalue weighted by Gasteiger charge is -2.64. The van der Waals surface area contributed by atoms with Gasteiger partial charge in [0.25, 0.3) is 0 Å². The molecule has 5 nitrogen and oxygen atoms in total. The van der Waals surface area contributed by atoms with E-state index in [2.05, 4.69) is 33.8 Å². The van der Waals surface area contributed by atoms with Crippen molar-refractivity contribution in [2.45, 2.75) is 86.2 Å². The van der Waals surface area contributed by atoms with E-state index < -0.39 is 12.1 Å². The molecule has 3 rings (SSSR count). The number of fused-ring (bicyclic) bond motifs is 3. The Hall–Kier alpha value is -1.36. The largest absolute Gasteiger partial charge is 0.463 e. The van der Waals surface area contributed by atoms with Crippen LogP contribution in [-0.4, -0.2) is 36.4 Å². The van der Waals surface area contributed by atoms with E-state index in [1.807, 2.05) is 6.92 Å². The quantitative estimate of drug-likeness (QED) is 0.517. The molecule has 0 radical (unpaired) electrons. The maximum atomic E-state index is 13.2. The van der Waals surface area contributed by atoms with Gasteiger partial charge in [-0.2, -0.15) is 0 Å². The zero-order valence-corrected chi connectivity index (χ0v) is 19.6. The maximum absolute atomic E-state index is 13.2. The number of aliphatic hydroxyl groups is 1. The van der Waals surface area contributed by atoms with Gasteiger partial charge in [-0.15, -0.1) is 0 Å². The summed E-state index contributed by atoms with van der Waals surface area (Å²) in [6.07, 6.45) is 8.25. The summed E-state index contributed by atoms with van der Waals surface area (Å²) in [7, 11) is 0. The molecule has 0 aromatic carbocycles. The Labute approximate surface area is 181 Å². The van der Waals surface area contributed by atoms with Crippen molar-refractivity contribution in [1.29, 1.82) is 0 Å². The molecule has 5 heteroatoms. The second-order valence-electron chi connectivity index (χ2n) is 11.2. The molecule has 0 saturated heterocycles. The highest BCUT2D eigenvalue weighted by atomic mass is 16.6. The third kappa shape index (κ3) is 4.06. The minimum atomic E-state index is -0.998. The summed E-state index contributed by atoms with van der Waals surface area (Å²) < 4.78 is 10.4. The number of ether oxygens (including phenoxy) is 2. The predicted molar refractivity (Wildman–Crippen MR) is 116 cm³/mol. The summed E-state index contributed by atoms with van der Waals surface area (Å²) in [6, 6.07) is 0.